The molecular formula is C13H25NS. The maximum atomic E-state index is 3.76. The molecule has 1 nitrogen and oxygen atoms in total. The van der Waals surface area contributed by atoms with E-state index in [1.54, 1.807) is 0 Å². The SMILES string of the molecule is CSCCCC1(CNC2CC2)CCCC1. The highest BCUT2D eigenvalue weighted by molar-refractivity contribution is 7.98. The summed E-state index contributed by atoms with van der Waals surface area (Å²) in [7, 11) is 0. The number of thioether (sulfide) groups is 1. The Balaban J connectivity index is 1.73. The molecule has 15 heavy (non-hydrogen) atoms. The fourth-order valence-electron chi connectivity index (χ4n) is 2.88. The van der Waals surface area contributed by atoms with Crippen molar-refractivity contribution in [2.75, 3.05) is 18.6 Å². The van der Waals surface area contributed by atoms with Crippen LogP contribution in [0.5, 0.6) is 0 Å². The zero-order chi connectivity index (χ0) is 10.6. The highest BCUT2D eigenvalue weighted by atomic mass is 32.2. The fraction of sp³-hybridized carbons (Fsp3) is 1.00. The molecule has 88 valence electrons. The molecule has 2 fully saturated rings. The van der Waals surface area contributed by atoms with Crippen molar-refractivity contribution in [1.82, 2.24) is 5.32 Å². The number of hydrogen-bond acceptors (Lipinski definition) is 2. The zero-order valence-electron chi connectivity index (χ0n) is 10.1. The molecule has 1 N–H and O–H groups in total. The summed E-state index contributed by atoms with van der Waals surface area (Å²) in [4.78, 5) is 0. The number of rotatable bonds is 7. The van der Waals surface area contributed by atoms with Gasteiger partial charge in [0.15, 0.2) is 0 Å². The lowest BCUT2D eigenvalue weighted by molar-refractivity contribution is 0.254. The molecule has 0 atom stereocenters. The van der Waals surface area contributed by atoms with Crippen LogP contribution < -0.4 is 5.32 Å². The van der Waals surface area contributed by atoms with E-state index in [1.807, 2.05) is 11.8 Å². The van der Waals surface area contributed by atoms with E-state index in [2.05, 4.69) is 11.6 Å². The van der Waals surface area contributed by atoms with E-state index in [-0.39, 0.29) is 0 Å². The molecule has 0 heterocycles. The van der Waals surface area contributed by atoms with E-state index in [0.717, 1.165) is 6.04 Å². The van der Waals surface area contributed by atoms with Gasteiger partial charge in [0.25, 0.3) is 0 Å². The maximum absolute atomic E-state index is 3.76. The normalized spacial score (nSPS) is 24.6. The summed E-state index contributed by atoms with van der Waals surface area (Å²) in [5.41, 5.74) is 0.693. The molecule has 2 aliphatic carbocycles. The molecule has 0 saturated heterocycles. The second-order valence-electron chi connectivity index (χ2n) is 5.46. The van der Waals surface area contributed by atoms with Crippen LogP contribution in [0.3, 0.4) is 0 Å². The summed E-state index contributed by atoms with van der Waals surface area (Å²) in [6.07, 6.45) is 13.9. The van der Waals surface area contributed by atoms with Crippen molar-refractivity contribution in [3.63, 3.8) is 0 Å². The highest BCUT2D eigenvalue weighted by Gasteiger charge is 2.34. The van der Waals surface area contributed by atoms with E-state index >= 15 is 0 Å². The minimum absolute atomic E-state index is 0.693. The van der Waals surface area contributed by atoms with Gasteiger partial charge in [0, 0.05) is 12.6 Å². The Bertz CT molecular complexity index is 183. The van der Waals surface area contributed by atoms with Crippen molar-refractivity contribution in [2.45, 2.75) is 57.4 Å². The molecule has 0 aromatic carbocycles. The summed E-state index contributed by atoms with van der Waals surface area (Å²) in [6, 6.07) is 0.892. The molecular weight excluding hydrogens is 202 g/mol. The summed E-state index contributed by atoms with van der Waals surface area (Å²) >= 11 is 2.00. The van der Waals surface area contributed by atoms with Crippen molar-refractivity contribution in [3.05, 3.63) is 0 Å². The third kappa shape index (κ3) is 3.67. The Labute approximate surface area is 98.8 Å². The molecule has 2 rings (SSSR count). The molecule has 0 radical (unpaired) electrons. The van der Waals surface area contributed by atoms with Crippen LogP contribution in [-0.2, 0) is 0 Å². The van der Waals surface area contributed by atoms with Gasteiger partial charge in [0.1, 0.15) is 0 Å². The van der Waals surface area contributed by atoms with Gasteiger partial charge in [-0.15, -0.1) is 0 Å². The Morgan fingerprint density at radius 1 is 1.27 bits per heavy atom. The molecule has 0 spiro atoms. The van der Waals surface area contributed by atoms with Gasteiger partial charge >= 0.3 is 0 Å². The van der Waals surface area contributed by atoms with Crippen LogP contribution in [0.1, 0.15) is 51.4 Å². The summed E-state index contributed by atoms with van der Waals surface area (Å²) in [6.45, 7) is 1.31. The highest BCUT2D eigenvalue weighted by Crippen LogP contribution is 2.42. The van der Waals surface area contributed by atoms with Crippen molar-refractivity contribution >= 4 is 11.8 Å². The van der Waals surface area contributed by atoms with E-state index in [4.69, 9.17) is 0 Å². The molecule has 0 bridgehead atoms. The van der Waals surface area contributed by atoms with Gasteiger partial charge in [-0.25, -0.2) is 0 Å². The molecule has 0 amide bonds. The first-order chi connectivity index (χ1) is 7.35. The van der Waals surface area contributed by atoms with Crippen LogP contribution in [0, 0.1) is 5.41 Å². The van der Waals surface area contributed by atoms with Gasteiger partial charge in [-0.3, -0.25) is 0 Å². The quantitative estimate of drug-likeness (QED) is 0.669. The summed E-state index contributed by atoms with van der Waals surface area (Å²) in [5.74, 6) is 1.35. The lowest BCUT2D eigenvalue weighted by atomic mass is 9.81. The maximum Gasteiger partial charge on any atom is 0.00684 e. The second kappa shape index (κ2) is 5.58. The lowest BCUT2D eigenvalue weighted by Gasteiger charge is -2.29. The minimum atomic E-state index is 0.693. The van der Waals surface area contributed by atoms with Crippen molar-refractivity contribution in [2.24, 2.45) is 5.41 Å². The van der Waals surface area contributed by atoms with Gasteiger partial charge in [0.2, 0.25) is 0 Å². The molecule has 0 unspecified atom stereocenters. The Kier molecular flexibility index (Phi) is 4.39. The molecule has 2 heteroatoms. The van der Waals surface area contributed by atoms with Gasteiger partial charge in [-0.05, 0) is 55.9 Å². The van der Waals surface area contributed by atoms with E-state index in [1.165, 1.54) is 63.7 Å². The van der Waals surface area contributed by atoms with Crippen LogP contribution in [0.25, 0.3) is 0 Å². The van der Waals surface area contributed by atoms with Crippen molar-refractivity contribution < 1.29 is 0 Å². The number of nitrogens with one attached hydrogen (secondary N) is 1. The Morgan fingerprint density at radius 2 is 2.00 bits per heavy atom. The first-order valence-electron chi connectivity index (χ1n) is 6.57. The third-order valence-corrected chi connectivity index (χ3v) is 4.76. The average molecular weight is 227 g/mol. The number of hydrogen-bond donors (Lipinski definition) is 1. The first-order valence-corrected chi connectivity index (χ1v) is 7.96. The molecule has 0 aliphatic heterocycles. The van der Waals surface area contributed by atoms with Crippen LogP contribution in [0.15, 0.2) is 0 Å². The predicted octanol–water partition coefficient (Wildman–Crippen LogP) is 3.44. The standard InChI is InChI=1S/C13H25NS/c1-15-10-4-9-13(7-2-3-8-13)11-14-12-5-6-12/h12,14H,2-11H2,1H3. The molecule has 2 saturated carbocycles. The summed E-state index contributed by atoms with van der Waals surface area (Å²) in [5, 5.41) is 3.76. The Hall–Kier alpha value is 0.310. The van der Waals surface area contributed by atoms with Crippen LogP contribution >= 0.6 is 11.8 Å². The Morgan fingerprint density at radius 3 is 2.60 bits per heavy atom. The van der Waals surface area contributed by atoms with Crippen LogP contribution in [0.2, 0.25) is 0 Å². The fourth-order valence-corrected chi connectivity index (χ4v) is 3.31. The van der Waals surface area contributed by atoms with E-state index < -0.39 is 0 Å². The largest absolute Gasteiger partial charge is 0.313 e. The summed E-state index contributed by atoms with van der Waals surface area (Å²) < 4.78 is 0. The van der Waals surface area contributed by atoms with Gasteiger partial charge in [-0.1, -0.05) is 12.8 Å². The molecule has 2 aliphatic rings. The second-order valence-corrected chi connectivity index (χ2v) is 6.44. The zero-order valence-corrected chi connectivity index (χ0v) is 10.9. The predicted molar refractivity (Wildman–Crippen MR) is 69.5 cm³/mol. The third-order valence-electron chi connectivity index (χ3n) is 4.06. The average Bonchev–Trinajstić information content (AvgIpc) is 2.97. The van der Waals surface area contributed by atoms with Gasteiger partial charge < -0.3 is 5.32 Å². The van der Waals surface area contributed by atoms with Crippen molar-refractivity contribution in [3.8, 4) is 0 Å². The van der Waals surface area contributed by atoms with Crippen molar-refractivity contribution in [1.29, 1.82) is 0 Å². The van der Waals surface area contributed by atoms with E-state index in [0.29, 0.717) is 5.41 Å². The topological polar surface area (TPSA) is 12.0 Å². The lowest BCUT2D eigenvalue weighted by Crippen LogP contribution is -2.33. The molecule has 0 aromatic heterocycles. The minimum Gasteiger partial charge on any atom is -0.313 e. The van der Waals surface area contributed by atoms with Gasteiger partial charge in [-0.2, -0.15) is 11.8 Å². The monoisotopic (exact) mass is 227 g/mol. The smallest absolute Gasteiger partial charge is 0.00684 e. The molecule has 0 aromatic rings. The van der Waals surface area contributed by atoms with Gasteiger partial charge in [0.05, 0.1) is 0 Å². The van der Waals surface area contributed by atoms with Crippen LogP contribution in [0.4, 0.5) is 0 Å². The van der Waals surface area contributed by atoms with E-state index in [9.17, 15) is 0 Å². The van der Waals surface area contributed by atoms with Crippen LogP contribution in [-0.4, -0.2) is 24.6 Å². The first kappa shape index (κ1) is 11.8.